The van der Waals surface area contributed by atoms with Crippen LogP contribution in [-0.4, -0.2) is 0 Å². The first-order chi connectivity index (χ1) is 12.1. The number of benzene rings is 2. The summed E-state index contributed by atoms with van der Waals surface area (Å²) in [5.41, 5.74) is 11.6. The van der Waals surface area contributed by atoms with Crippen LogP contribution in [0.1, 0.15) is 80.5 Å². The second-order valence-corrected chi connectivity index (χ2v) is 7.57. The Morgan fingerprint density at radius 3 is 1.48 bits per heavy atom. The average molecular weight is 338 g/mol. The molecule has 0 radical (unpaired) electrons. The molecule has 0 saturated heterocycles. The maximum absolute atomic E-state index is 7.00. The Labute approximate surface area is 154 Å². The molecule has 0 fully saturated rings. The third-order valence-electron chi connectivity index (χ3n) is 5.31. The predicted molar refractivity (Wildman–Crippen MR) is 110 cm³/mol. The molecular weight excluding hydrogens is 302 g/mol. The molecule has 2 rings (SSSR count). The quantitative estimate of drug-likeness (QED) is 0.483. The van der Waals surface area contributed by atoms with Crippen LogP contribution >= 0.6 is 0 Å². The van der Waals surface area contributed by atoms with E-state index in [9.17, 15) is 0 Å². The van der Waals surface area contributed by atoms with Gasteiger partial charge in [0.1, 0.15) is 0 Å². The molecule has 0 aromatic heterocycles. The molecule has 136 valence electrons. The van der Waals surface area contributed by atoms with Gasteiger partial charge in [-0.05, 0) is 31.4 Å². The van der Waals surface area contributed by atoms with Crippen LogP contribution in [0, 0.1) is 13.8 Å². The van der Waals surface area contributed by atoms with Crippen molar-refractivity contribution in [1.29, 1.82) is 0 Å². The summed E-state index contributed by atoms with van der Waals surface area (Å²) in [5.74, 6) is 0. The van der Waals surface area contributed by atoms with Gasteiger partial charge in [-0.3, -0.25) is 0 Å². The first-order valence-corrected chi connectivity index (χ1v) is 9.99. The van der Waals surface area contributed by atoms with E-state index in [0.717, 1.165) is 6.42 Å². The summed E-state index contributed by atoms with van der Waals surface area (Å²) in [6.07, 6.45) is 10.2. The van der Waals surface area contributed by atoms with Crippen LogP contribution in [0.15, 0.2) is 48.5 Å². The summed E-state index contributed by atoms with van der Waals surface area (Å²) in [4.78, 5) is 0. The molecule has 0 saturated carbocycles. The van der Waals surface area contributed by atoms with E-state index >= 15 is 0 Å². The van der Waals surface area contributed by atoms with Crippen LogP contribution in [0.25, 0.3) is 0 Å². The summed E-state index contributed by atoms with van der Waals surface area (Å²) in [6.45, 7) is 6.53. The maximum atomic E-state index is 7.00. The highest BCUT2D eigenvalue weighted by atomic mass is 14.7. The lowest BCUT2D eigenvalue weighted by atomic mass is 9.79. The van der Waals surface area contributed by atoms with Gasteiger partial charge in [-0.1, -0.05) is 112 Å². The Bertz CT molecular complexity index is 564. The highest BCUT2D eigenvalue weighted by Gasteiger charge is 2.28. The molecule has 0 aliphatic heterocycles. The van der Waals surface area contributed by atoms with E-state index < -0.39 is 0 Å². The van der Waals surface area contributed by atoms with Gasteiger partial charge in [-0.15, -0.1) is 0 Å². The van der Waals surface area contributed by atoms with Crippen molar-refractivity contribution in [2.75, 3.05) is 0 Å². The molecule has 1 heteroatoms. The van der Waals surface area contributed by atoms with Gasteiger partial charge < -0.3 is 5.73 Å². The van der Waals surface area contributed by atoms with Crippen molar-refractivity contribution in [2.45, 2.75) is 77.7 Å². The normalized spacial score (nSPS) is 11.7. The Balaban J connectivity index is 2.07. The Hall–Kier alpha value is -1.60. The summed E-state index contributed by atoms with van der Waals surface area (Å²) in [5, 5.41) is 0. The molecule has 2 aromatic rings. The molecule has 0 aliphatic rings. The van der Waals surface area contributed by atoms with E-state index in [0.29, 0.717) is 0 Å². The Morgan fingerprint density at radius 1 is 0.640 bits per heavy atom. The van der Waals surface area contributed by atoms with Crippen molar-refractivity contribution >= 4 is 0 Å². The van der Waals surface area contributed by atoms with Crippen LogP contribution in [-0.2, 0) is 5.54 Å². The SMILES string of the molecule is CCCCCCCCCC(N)(c1ccc(C)cc1)c1ccc(C)cc1. The van der Waals surface area contributed by atoms with Gasteiger partial charge in [0.25, 0.3) is 0 Å². The lowest BCUT2D eigenvalue weighted by molar-refractivity contribution is 0.451. The van der Waals surface area contributed by atoms with Crippen molar-refractivity contribution in [1.82, 2.24) is 0 Å². The second-order valence-electron chi connectivity index (χ2n) is 7.57. The molecule has 0 unspecified atom stereocenters. The van der Waals surface area contributed by atoms with Crippen molar-refractivity contribution in [3.05, 3.63) is 70.8 Å². The van der Waals surface area contributed by atoms with Crippen molar-refractivity contribution < 1.29 is 0 Å². The lowest BCUT2D eigenvalue weighted by Gasteiger charge is -2.31. The smallest absolute Gasteiger partial charge is 0.0665 e. The van der Waals surface area contributed by atoms with Crippen LogP contribution in [0.4, 0.5) is 0 Å². The van der Waals surface area contributed by atoms with E-state index in [1.807, 2.05) is 0 Å². The van der Waals surface area contributed by atoms with Crippen molar-refractivity contribution in [3.8, 4) is 0 Å². The summed E-state index contributed by atoms with van der Waals surface area (Å²) < 4.78 is 0. The fourth-order valence-electron chi connectivity index (χ4n) is 3.52. The zero-order valence-electron chi connectivity index (χ0n) is 16.4. The van der Waals surface area contributed by atoms with E-state index in [2.05, 4.69) is 69.3 Å². The highest BCUT2D eigenvalue weighted by Crippen LogP contribution is 2.33. The Morgan fingerprint density at radius 2 is 1.04 bits per heavy atom. The van der Waals surface area contributed by atoms with Crippen molar-refractivity contribution in [2.24, 2.45) is 5.73 Å². The first-order valence-electron chi connectivity index (χ1n) is 9.99. The Kier molecular flexibility index (Phi) is 7.71. The molecular formula is C24H35N. The van der Waals surface area contributed by atoms with E-state index in [-0.39, 0.29) is 5.54 Å². The lowest BCUT2D eigenvalue weighted by Crippen LogP contribution is -2.38. The topological polar surface area (TPSA) is 26.0 Å². The van der Waals surface area contributed by atoms with E-state index in [1.54, 1.807) is 0 Å². The summed E-state index contributed by atoms with van der Waals surface area (Å²) in [6, 6.07) is 17.5. The fraction of sp³-hybridized carbons (Fsp3) is 0.500. The number of unbranched alkanes of at least 4 members (excludes halogenated alkanes) is 6. The monoisotopic (exact) mass is 337 g/mol. The molecule has 0 aliphatic carbocycles. The number of hydrogen-bond acceptors (Lipinski definition) is 1. The number of hydrogen-bond donors (Lipinski definition) is 1. The van der Waals surface area contributed by atoms with Crippen LogP contribution in [0.2, 0.25) is 0 Å². The molecule has 2 aromatic carbocycles. The molecule has 0 atom stereocenters. The molecule has 1 nitrogen and oxygen atoms in total. The van der Waals surface area contributed by atoms with Gasteiger partial charge in [0.05, 0.1) is 5.54 Å². The van der Waals surface area contributed by atoms with Gasteiger partial charge in [-0.2, -0.15) is 0 Å². The van der Waals surface area contributed by atoms with Gasteiger partial charge in [-0.25, -0.2) is 0 Å². The third-order valence-corrected chi connectivity index (χ3v) is 5.31. The van der Waals surface area contributed by atoms with E-state index in [1.165, 1.54) is 67.2 Å². The highest BCUT2D eigenvalue weighted by molar-refractivity contribution is 5.39. The maximum Gasteiger partial charge on any atom is 0.0665 e. The molecule has 0 amide bonds. The average Bonchev–Trinajstić information content (AvgIpc) is 2.62. The van der Waals surface area contributed by atoms with Gasteiger partial charge >= 0.3 is 0 Å². The standard InChI is InChI=1S/C24H35N/c1-4-5-6-7-8-9-10-19-24(25,22-15-11-20(2)12-16-22)23-17-13-21(3)14-18-23/h11-18H,4-10,19,25H2,1-3H3. The number of nitrogens with two attached hydrogens (primary N) is 1. The summed E-state index contributed by atoms with van der Waals surface area (Å²) in [7, 11) is 0. The molecule has 0 spiro atoms. The third kappa shape index (κ3) is 5.71. The second kappa shape index (κ2) is 9.77. The van der Waals surface area contributed by atoms with Crippen LogP contribution < -0.4 is 5.73 Å². The zero-order chi connectivity index (χ0) is 18.1. The molecule has 25 heavy (non-hydrogen) atoms. The molecule has 0 heterocycles. The van der Waals surface area contributed by atoms with Crippen molar-refractivity contribution in [3.63, 3.8) is 0 Å². The number of aryl methyl sites for hydroxylation is 2. The van der Waals surface area contributed by atoms with Gasteiger partial charge in [0.15, 0.2) is 0 Å². The minimum Gasteiger partial charge on any atom is -0.318 e. The minimum atomic E-state index is -0.384. The van der Waals surface area contributed by atoms with Gasteiger partial charge in [0.2, 0.25) is 0 Å². The predicted octanol–water partition coefficient (Wildman–Crippen LogP) is 6.65. The molecule has 2 N–H and O–H groups in total. The van der Waals surface area contributed by atoms with Gasteiger partial charge in [0, 0.05) is 0 Å². The number of rotatable bonds is 10. The molecule has 0 bridgehead atoms. The minimum absolute atomic E-state index is 0.384. The first kappa shape index (κ1) is 19.7. The fourth-order valence-corrected chi connectivity index (χ4v) is 3.52. The zero-order valence-corrected chi connectivity index (χ0v) is 16.4. The summed E-state index contributed by atoms with van der Waals surface area (Å²) >= 11 is 0. The van der Waals surface area contributed by atoms with Crippen LogP contribution in [0.5, 0.6) is 0 Å². The largest absolute Gasteiger partial charge is 0.318 e. The van der Waals surface area contributed by atoms with E-state index in [4.69, 9.17) is 5.73 Å². The van der Waals surface area contributed by atoms with Crippen LogP contribution in [0.3, 0.4) is 0 Å².